The minimum Gasteiger partial charge on any atom is -0.206 e. The number of fused-ring (bicyclic) bond motifs is 1. The Morgan fingerprint density at radius 2 is 1.73 bits per heavy atom. The Balaban J connectivity index is 2.29. The highest BCUT2D eigenvalue weighted by molar-refractivity contribution is 6.30. The Labute approximate surface area is 130 Å². The van der Waals surface area contributed by atoms with E-state index in [1.807, 2.05) is 20.8 Å². The summed E-state index contributed by atoms with van der Waals surface area (Å²) in [6.07, 6.45) is 0. The molecule has 0 saturated heterocycles. The van der Waals surface area contributed by atoms with Crippen LogP contribution in [-0.2, 0) is 5.41 Å². The van der Waals surface area contributed by atoms with E-state index in [2.05, 4.69) is 15.3 Å². The quantitative estimate of drug-likeness (QED) is 0.679. The Bertz CT molecular complexity index is 848. The summed E-state index contributed by atoms with van der Waals surface area (Å²) in [5.41, 5.74) is 0.657. The Morgan fingerprint density at radius 1 is 1.09 bits per heavy atom. The average molecular weight is 323 g/mol. The van der Waals surface area contributed by atoms with E-state index >= 15 is 0 Å². The molecule has 1 aromatic carbocycles. The minimum absolute atomic E-state index is 0.0204. The molecule has 3 aromatic rings. The third kappa shape index (κ3) is 2.33. The van der Waals surface area contributed by atoms with Gasteiger partial charge in [0.05, 0.1) is 5.56 Å². The summed E-state index contributed by atoms with van der Waals surface area (Å²) in [7, 11) is 0. The Morgan fingerprint density at radius 3 is 2.32 bits per heavy atom. The van der Waals surface area contributed by atoms with E-state index in [4.69, 9.17) is 11.6 Å². The minimum atomic E-state index is -0.730. The van der Waals surface area contributed by atoms with E-state index in [1.54, 1.807) is 6.07 Å². The van der Waals surface area contributed by atoms with Gasteiger partial charge in [-0.3, -0.25) is 0 Å². The van der Waals surface area contributed by atoms with Crippen LogP contribution in [0.15, 0.2) is 24.3 Å². The average Bonchev–Trinajstić information content (AvgIpc) is 2.79. The van der Waals surface area contributed by atoms with Crippen LogP contribution in [0.2, 0.25) is 5.15 Å². The summed E-state index contributed by atoms with van der Waals surface area (Å²) < 4.78 is 29.1. The summed E-state index contributed by atoms with van der Waals surface area (Å²) in [5, 5.41) is 12.2. The maximum atomic E-state index is 13.9. The molecule has 0 amide bonds. The predicted octanol–water partition coefficient (Wildman–Crippen LogP) is 4.02. The van der Waals surface area contributed by atoms with Crippen LogP contribution in [0.5, 0.6) is 0 Å². The highest BCUT2D eigenvalue weighted by Gasteiger charge is 2.23. The smallest absolute Gasteiger partial charge is 0.191 e. The molecule has 2 heterocycles. The predicted molar refractivity (Wildman–Crippen MR) is 79.8 cm³/mol. The van der Waals surface area contributed by atoms with Gasteiger partial charge < -0.3 is 0 Å². The molecular weight excluding hydrogens is 310 g/mol. The molecule has 3 rings (SSSR count). The van der Waals surface area contributed by atoms with Gasteiger partial charge >= 0.3 is 0 Å². The first kappa shape index (κ1) is 14.8. The fourth-order valence-electron chi connectivity index (χ4n) is 2.20. The first-order valence-electron chi connectivity index (χ1n) is 6.66. The number of hydrogen-bond donors (Lipinski definition) is 0. The molecule has 0 N–H and O–H groups in total. The highest BCUT2D eigenvalue weighted by Crippen LogP contribution is 2.30. The molecule has 4 nitrogen and oxygen atoms in total. The van der Waals surface area contributed by atoms with Gasteiger partial charge in [-0.05, 0) is 23.6 Å². The van der Waals surface area contributed by atoms with Gasteiger partial charge in [0, 0.05) is 5.56 Å². The third-order valence-electron chi connectivity index (χ3n) is 3.34. The standard InChI is InChI=1S/C15H13ClF2N4/c1-15(2,3)8-7-11-19-20-14(22(11)21-13(8)16)12-9(17)5-4-6-10(12)18/h4-7H,1-3H3. The van der Waals surface area contributed by atoms with Crippen molar-refractivity contribution >= 4 is 17.2 Å². The third-order valence-corrected chi connectivity index (χ3v) is 3.62. The van der Waals surface area contributed by atoms with Crippen molar-refractivity contribution in [1.82, 2.24) is 19.8 Å². The van der Waals surface area contributed by atoms with Crippen LogP contribution in [0.1, 0.15) is 26.3 Å². The molecule has 114 valence electrons. The largest absolute Gasteiger partial charge is 0.206 e. The number of benzene rings is 1. The topological polar surface area (TPSA) is 43.1 Å². The zero-order valence-corrected chi connectivity index (χ0v) is 13.0. The Kier molecular flexibility index (Phi) is 3.36. The molecule has 0 atom stereocenters. The zero-order chi connectivity index (χ0) is 16.1. The maximum absolute atomic E-state index is 13.9. The second-order valence-corrected chi connectivity index (χ2v) is 6.35. The van der Waals surface area contributed by atoms with Gasteiger partial charge in [-0.25, -0.2) is 8.78 Å². The van der Waals surface area contributed by atoms with Crippen molar-refractivity contribution in [1.29, 1.82) is 0 Å². The van der Waals surface area contributed by atoms with Crippen molar-refractivity contribution in [2.45, 2.75) is 26.2 Å². The Hall–Kier alpha value is -2.08. The summed E-state index contributed by atoms with van der Waals surface area (Å²) >= 11 is 6.21. The fraction of sp³-hybridized carbons (Fsp3) is 0.267. The van der Waals surface area contributed by atoms with Crippen LogP contribution in [0.25, 0.3) is 17.0 Å². The van der Waals surface area contributed by atoms with Crippen molar-refractivity contribution < 1.29 is 8.78 Å². The molecule has 0 aliphatic heterocycles. The first-order valence-corrected chi connectivity index (χ1v) is 7.03. The van der Waals surface area contributed by atoms with Gasteiger partial charge in [0.25, 0.3) is 0 Å². The van der Waals surface area contributed by atoms with Crippen LogP contribution in [0.4, 0.5) is 8.78 Å². The van der Waals surface area contributed by atoms with Crippen molar-refractivity contribution in [2.24, 2.45) is 0 Å². The monoisotopic (exact) mass is 322 g/mol. The van der Waals surface area contributed by atoms with E-state index in [9.17, 15) is 8.78 Å². The summed E-state index contributed by atoms with van der Waals surface area (Å²) in [6, 6.07) is 5.33. The van der Waals surface area contributed by atoms with E-state index in [1.165, 1.54) is 10.6 Å². The molecule has 0 unspecified atom stereocenters. The number of nitrogens with zero attached hydrogens (tertiary/aromatic N) is 4. The van der Waals surface area contributed by atoms with Crippen molar-refractivity contribution in [2.75, 3.05) is 0 Å². The van der Waals surface area contributed by atoms with Crippen LogP contribution >= 0.6 is 11.6 Å². The van der Waals surface area contributed by atoms with E-state index in [0.717, 1.165) is 17.7 Å². The molecule has 7 heteroatoms. The van der Waals surface area contributed by atoms with E-state index in [0.29, 0.717) is 5.65 Å². The molecule has 0 spiro atoms. The fourth-order valence-corrected chi connectivity index (χ4v) is 2.62. The second-order valence-electron chi connectivity index (χ2n) is 5.99. The van der Waals surface area contributed by atoms with Crippen LogP contribution < -0.4 is 0 Å². The van der Waals surface area contributed by atoms with Crippen LogP contribution in [-0.4, -0.2) is 19.8 Å². The molecular formula is C15H13ClF2N4. The highest BCUT2D eigenvalue weighted by atomic mass is 35.5. The summed E-state index contributed by atoms with van der Waals surface area (Å²) in [5.74, 6) is -1.48. The lowest BCUT2D eigenvalue weighted by molar-refractivity contribution is 0.581. The lowest BCUT2D eigenvalue weighted by Gasteiger charge is -2.19. The second kappa shape index (κ2) is 4.98. The maximum Gasteiger partial charge on any atom is 0.191 e. The molecule has 0 fully saturated rings. The number of halogens is 3. The molecule has 22 heavy (non-hydrogen) atoms. The van der Waals surface area contributed by atoms with Gasteiger partial charge in [-0.2, -0.15) is 9.61 Å². The van der Waals surface area contributed by atoms with Gasteiger partial charge in [0.2, 0.25) is 0 Å². The molecule has 0 aliphatic carbocycles. The lowest BCUT2D eigenvalue weighted by Crippen LogP contribution is -2.14. The van der Waals surface area contributed by atoms with Gasteiger partial charge in [0.15, 0.2) is 16.6 Å². The number of hydrogen-bond acceptors (Lipinski definition) is 3. The lowest BCUT2D eigenvalue weighted by atomic mass is 9.88. The molecule has 0 aliphatic rings. The number of aromatic nitrogens is 4. The van der Waals surface area contributed by atoms with Crippen LogP contribution in [0.3, 0.4) is 0 Å². The molecule has 0 radical (unpaired) electrons. The zero-order valence-electron chi connectivity index (χ0n) is 12.2. The van der Waals surface area contributed by atoms with E-state index < -0.39 is 11.6 Å². The molecule has 0 saturated carbocycles. The van der Waals surface area contributed by atoms with Gasteiger partial charge in [-0.15, -0.1) is 10.2 Å². The SMILES string of the molecule is CC(C)(C)c1cc2nnc(-c3c(F)cccc3F)n2nc1Cl. The summed E-state index contributed by atoms with van der Waals surface area (Å²) in [4.78, 5) is 0. The van der Waals surface area contributed by atoms with Crippen molar-refractivity contribution in [3.8, 4) is 11.4 Å². The van der Waals surface area contributed by atoms with Crippen LogP contribution in [0, 0.1) is 11.6 Å². The normalized spacial score (nSPS) is 12.1. The molecule has 2 aromatic heterocycles. The molecule has 0 bridgehead atoms. The van der Waals surface area contributed by atoms with E-state index in [-0.39, 0.29) is 22.0 Å². The van der Waals surface area contributed by atoms with Crippen molar-refractivity contribution in [3.63, 3.8) is 0 Å². The first-order chi connectivity index (χ1) is 10.3. The van der Waals surface area contributed by atoms with Gasteiger partial charge in [-0.1, -0.05) is 38.4 Å². The van der Waals surface area contributed by atoms with Gasteiger partial charge in [0.1, 0.15) is 11.6 Å². The summed E-state index contributed by atoms with van der Waals surface area (Å²) in [6.45, 7) is 5.96. The number of rotatable bonds is 1. The van der Waals surface area contributed by atoms with Crippen molar-refractivity contribution in [3.05, 3.63) is 46.6 Å².